The van der Waals surface area contributed by atoms with Crippen LogP contribution in [0.5, 0.6) is 0 Å². The van der Waals surface area contributed by atoms with E-state index in [-0.39, 0.29) is 13.2 Å². The highest BCUT2D eigenvalue weighted by molar-refractivity contribution is 4.91. The van der Waals surface area contributed by atoms with Gasteiger partial charge in [-0.15, -0.1) is 5.10 Å². The Bertz CT molecular complexity index is 365. The van der Waals surface area contributed by atoms with E-state index in [4.69, 9.17) is 0 Å². The number of aromatic nitrogens is 3. The second-order valence-electron chi connectivity index (χ2n) is 4.67. The number of hydrogen-bond acceptors (Lipinski definition) is 4. The fourth-order valence-electron chi connectivity index (χ4n) is 1.36. The molecule has 0 fully saturated rings. The van der Waals surface area contributed by atoms with Crippen molar-refractivity contribution in [2.75, 3.05) is 19.8 Å². The number of ether oxygens (including phenoxy) is 1. The molecule has 0 atom stereocenters. The summed E-state index contributed by atoms with van der Waals surface area (Å²) in [4.78, 5) is 0. The van der Waals surface area contributed by atoms with Gasteiger partial charge in [0.1, 0.15) is 6.61 Å². The van der Waals surface area contributed by atoms with E-state index in [0.717, 1.165) is 12.2 Å². The minimum atomic E-state index is -4.28. The average molecular weight is 280 g/mol. The molecular formula is C11H19F3N4O. The second kappa shape index (κ2) is 7.44. The van der Waals surface area contributed by atoms with Gasteiger partial charge in [-0.3, -0.25) is 0 Å². The third-order valence-corrected chi connectivity index (χ3v) is 2.18. The molecule has 5 nitrogen and oxygen atoms in total. The zero-order valence-corrected chi connectivity index (χ0v) is 11.1. The van der Waals surface area contributed by atoms with E-state index in [1.165, 1.54) is 4.68 Å². The molecule has 0 radical (unpaired) electrons. The van der Waals surface area contributed by atoms with E-state index >= 15 is 0 Å². The molecule has 0 aliphatic carbocycles. The molecule has 19 heavy (non-hydrogen) atoms. The normalized spacial score (nSPS) is 12.3. The third kappa shape index (κ3) is 7.78. The zero-order chi connectivity index (χ0) is 14.3. The highest BCUT2D eigenvalue weighted by Crippen LogP contribution is 2.14. The van der Waals surface area contributed by atoms with Gasteiger partial charge < -0.3 is 10.1 Å². The molecule has 0 unspecified atom stereocenters. The Balaban J connectivity index is 2.19. The zero-order valence-electron chi connectivity index (χ0n) is 11.1. The fourth-order valence-corrected chi connectivity index (χ4v) is 1.36. The van der Waals surface area contributed by atoms with Gasteiger partial charge in [0.2, 0.25) is 0 Å². The van der Waals surface area contributed by atoms with Gasteiger partial charge in [-0.25, -0.2) is 4.68 Å². The predicted octanol–water partition coefficient (Wildman–Crippen LogP) is 1.60. The summed E-state index contributed by atoms with van der Waals surface area (Å²) in [5.74, 6) is 0.547. The number of nitrogens with zero attached hydrogens (tertiary/aromatic N) is 3. The Morgan fingerprint density at radius 1 is 1.42 bits per heavy atom. The molecule has 0 aliphatic rings. The van der Waals surface area contributed by atoms with Crippen molar-refractivity contribution in [2.45, 2.75) is 33.1 Å². The van der Waals surface area contributed by atoms with Crippen LogP contribution in [0.3, 0.4) is 0 Å². The summed E-state index contributed by atoms with van der Waals surface area (Å²) in [6, 6.07) is 0. The molecule has 0 amide bonds. The van der Waals surface area contributed by atoms with Gasteiger partial charge >= 0.3 is 6.18 Å². The van der Waals surface area contributed by atoms with E-state index in [2.05, 4.69) is 34.2 Å². The highest BCUT2D eigenvalue weighted by Gasteiger charge is 2.27. The Labute approximate surface area is 110 Å². The largest absolute Gasteiger partial charge is 0.411 e. The second-order valence-corrected chi connectivity index (χ2v) is 4.67. The summed E-state index contributed by atoms with van der Waals surface area (Å²) in [7, 11) is 0. The molecular weight excluding hydrogens is 261 g/mol. The monoisotopic (exact) mass is 280 g/mol. The first kappa shape index (κ1) is 15.9. The lowest BCUT2D eigenvalue weighted by Gasteiger charge is -2.07. The third-order valence-electron chi connectivity index (χ3n) is 2.18. The van der Waals surface area contributed by atoms with E-state index in [1.54, 1.807) is 6.20 Å². The fraction of sp³-hybridized carbons (Fsp3) is 0.818. The topological polar surface area (TPSA) is 52.0 Å². The Kier molecular flexibility index (Phi) is 6.23. The van der Waals surface area contributed by atoms with Crippen LogP contribution in [-0.2, 0) is 17.8 Å². The molecule has 1 aromatic heterocycles. The quantitative estimate of drug-likeness (QED) is 0.735. The first-order chi connectivity index (χ1) is 8.87. The molecule has 0 saturated carbocycles. The van der Waals surface area contributed by atoms with Crippen molar-refractivity contribution in [3.8, 4) is 0 Å². The van der Waals surface area contributed by atoms with Crippen molar-refractivity contribution in [3.05, 3.63) is 11.9 Å². The molecule has 0 saturated heterocycles. The van der Waals surface area contributed by atoms with Crippen LogP contribution in [0.4, 0.5) is 13.2 Å². The van der Waals surface area contributed by atoms with Gasteiger partial charge in [-0.05, 0) is 12.5 Å². The molecule has 0 aromatic carbocycles. The van der Waals surface area contributed by atoms with E-state index in [9.17, 15) is 13.2 Å². The number of nitrogens with one attached hydrogen (secondary N) is 1. The van der Waals surface area contributed by atoms with Crippen molar-refractivity contribution in [2.24, 2.45) is 5.92 Å². The van der Waals surface area contributed by atoms with Crippen LogP contribution in [0.2, 0.25) is 0 Å². The summed E-state index contributed by atoms with van der Waals surface area (Å²) < 4.78 is 41.4. The summed E-state index contributed by atoms with van der Waals surface area (Å²) in [6.07, 6.45) is -2.58. The molecule has 0 spiro atoms. The van der Waals surface area contributed by atoms with Crippen LogP contribution in [0.25, 0.3) is 0 Å². The Morgan fingerprint density at radius 2 is 2.16 bits per heavy atom. The van der Waals surface area contributed by atoms with Crippen molar-refractivity contribution in [1.82, 2.24) is 20.3 Å². The van der Waals surface area contributed by atoms with Crippen LogP contribution in [0, 0.1) is 5.92 Å². The van der Waals surface area contributed by atoms with Gasteiger partial charge in [-0.2, -0.15) is 13.2 Å². The highest BCUT2D eigenvalue weighted by atomic mass is 19.4. The Morgan fingerprint density at radius 3 is 2.79 bits per heavy atom. The van der Waals surface area contributed by atoms with E-state index in [1.807, 2.05) is 0 Å². The lowest BCUT2D eigenvalue weighted by atomic mass is 10.2. The van der Waals surface area contributed by atoms with Crippen LogP contribution in [-0.4, -0.2) is 40.9 Å². The van der Waals surface area contributed by atoms with E-state index in [0.29, 0.717) is 12.5 Å². The predicted molar refractivity (Wildman–Crippen MR) is 63.4 cm³/mol. The van der Waals surface area contributed by atoms with Gasteiger partial charge in [0.05, 0.1) is 18.8 Å². The van der Waals surface area contributed by atoms with Gasteiger partial charge in [0.15, 0.2) is 0 Å². The molecule has 8 heteroatoms. The molecule has 1 heterocycles. The SMILES string of the molecule is CC(C)CNCc1cn(CCOCC(F)(F)F)nn1. The first-order valence-corrected chi connectivity index (χ1v) is 6.11. The number of halogens is 3. The minimum absolute atomic E-state index is 0.0399. The maximum Gasteiger partial charge on any atom is 0.411 e. The van der Waals surface area contributed by atoms with Crippen LogP contribution in [0.1, 0.15) is 19.5 Å². The Hall–Kier alpha value is -1.15. The molecule has 110 valence electrons. The van der Waals surface area contributed by atoms with Crippen LogP contribution < -0.4 is 5.32 Å². The number of alkyl halides is 3. The standard InChI is InChI=1S/C11H19F3N4O/c1-9(2)5-15-6-10-7-18(17-16-10)3-4-19-8-11(12,13)14/h7,9,15H,3-6,8H2,1-2H3. The molecule has 1 aromatic rings. The number of hydrogen-bond donors (Lipinski definition) is 1. The maximum atomic E-state index is 11.8. The molecule has 0 aliphatic heterocycles. The van der Waals surface area contributed by atoms with Crippen LogP contribution >= 0.6 is 0 Å². The molecule has 1 N–H and O–H groups in total. The van der Waals surface area contributed by atoms with Crippen LogP contribution in [0.15, 0.2) is 6.20 Å². The van der Waals surface area contributed by atoms with E-state index < -0.39 is 12.8 Å². The average Bonchev–Trinajstić information content (AvgIpc) is 2.71. The van der Waals surface area contributed by atoms with Gasteiger partial charge in [-0.1, -0.05) is 19.1 Å². The summed E-state index contributed by atoms with van der Waals surface area (Å²) in [5, 5.41) is 10.9. The van der Waals surface area contributed by atoms with Gasteiger partial charge in [0, 0.05) is 12.7 Å². The molecule has 1 rings (SSSR count). The number of rotatable bonds is 8. The van der Waals surface area contributed by atoms with Crippen molar-refractivity contribution >= 4 is 0 Å². The smallest absolute Gasteiger partial charge is 0.370 e. The maximum absolute atomic E-state index is 11.8. The summed E-state index contributed by atoms with van der Waals surface area (Å²) in [5.41, 5.74) is 0.761. The van der Waals surface area contributed by atoms with Crippen molar-refractivity contribution in [3.63, 3.8) is 0 Å². The summed E-state index contributed by atoms with van der Waals surface area (Å²) >= 11 is 0. The lowest BCUT2D eigenvalue weighted by Crippen LogP contribution is -2.19. The van der Waals surface area contributed by atoms with Crippen molar-refractivity contribution in [1.29, 1.82) is 0 Å². The lowest BCUT2D eigenvalue weighted by molar-refractivity contribution is -0.174. The first-order valence-electron chi connectivity index (χ1n) is 6.11. The molecule has 0 bridgehead atoms. The van der Waals surface area contributed by atoms with Crippen molar-refractivity contribution < 1.29 is 17.9 Å². The summed E-state index contributed by atoms with van der Waals surface area (Å²) in [6.45, 7) is 4.66. The minimum Gasteiger partial charge on any atom is -0.370 e. The van der Waals surface area contributed by atoms with Gasteiger partial charge in [0.25, 0.3) is 0 Å².